The van der Waals surface area contributed by atoms with Gasteiger partial charge in [0, 0.05) is 43.3 Å². The molecule has 1 saturated heterocycles. The molecular weight excluding hydrogens is 497 g/mol. The Hall–Kier alpha value is -3.93. The van der Waals surface area contributed by atoms with Gasteiger partial charge in [0.25, 0.3) is 5.91 Å². The van der Waals surface area contributed by atoms with E-state index in [0.717, 1.165) is 50.0 Å². The molecule has 2 heterocycles. The van der Waals surface area contributed by atoms with Gasteiger partial charge in [-0.15, -0.1) is 0 Å². The van der Waals surface area contributed by atoms with Crippen molar-refractivity contribution in [2.24, 2.45) is 5.92 Å². The first-order valence-electron chi connectivity index (χ1n) is 13.8. The van der Waals surface area contributed by atoms with Crippen LogP contribution in [0.1, 0.15) is 66.9 Å². The monoisotopic (exact) mass is 529 g/mol. The van der Waals surface area contributed by atoms with E-state index in [0.29, 0.717) is 22.7 Å². The summed E-state index contributed by atoms with van der Waals surface area (Å²) < 4.78 is 15.0. The van der Waals surface area contributed by atoms with Crippen LogP contribution in [0.4, 0.5) is 15.8 Å². The fourth-order valence-corrected chi connectivity index (χ4v) is 6.23. The number of benzene rings is 2. The fourth-order valence-electron chi connectivity index (χ4n) is 6.23. The molecule has 3 amide bonds. The van der Waals surface area contributed by atoms with E-state index >= 15 is 0 Å². The number of fused-ring (bicyclic) bond motifs is 1. The molecular formula is C30H32FN5O3. The maximum absolute atomic E-state index is 15.0. The molecule has 0 bridgehead atoms. The average Bonchev–Trinajstić information content (AvgIpc) is 3.65. The molecule has 0 aromatic heterocycles. The summed E-state index contributed by atoms with van der Waals surface area (Å²) >= 11 is 0. The van der Waals surface area contributed by atoms with Crippen LogP contribution in [0, 0.1) is 23.1 Å². The zero-order valence-corrected chi connectivity index (χ0v) is 22.0. The lowest BCUT2D eigenvalue weighted by atomic mass is 9.79. The van der Waals surface area contributed by atoms with E-state index in [1.807, 2.05) is 0 Å². The summed E-state index contributed by atoms with van der Waals surface area (Å²) in [5.41, 5.74) is 3.26. The van der Waals surface area contributed by atoms with Gasteiger partial charge in [0.15, 0.2) is 0 Å². The van der Waals surface area contributed by atoms with Crippen LogP contribution in [-0.4, -0.2) is 47.8 Å². The zero-order chi connectivity index (χ0) is 27.3. The lowest BCUT2D eigenvalue weighted by Crippen LogP contribution is -2.52. The molecule has 2 aromatic carbocycles. The highest BCUT2D eigenvalue weighted by atomic mass is 19.1. The smallest absolute Gasteiger partial charge is 0.255 e. The van der Waals surface area contributed by atoms with Gasteiger partial charge in [-0.25, -0.2) is 4.39 Å². The predicted octanol–water partition coefficient (Wildman–Crippen LogP) is 3.86. The van der Waals surface area contributed by atoms with Crippen LogP contribution in [0.2, 0.25) is 0 Å². The van der Waals surface area contributed by atoms with Crippen molar-refractivity contribution < 1.29 is 18.8 Å². The van der Waals surface area contributed by atoms with Crippen molar-refractivity contribution in [3.8, 4) is 6.07 Å². The van der Waals surface area contributed by atoms with Crippen LogP contribution < -0.4 is 15.5 Å². The van der Waals surface area contributed by atoms with E-state index in [1.54, 1.807) is 6.07 Å². The lowest BCUT2D eigenvalue weighted by molar-refractivity contribution is -0.136. The molecule has 1 atom stereocenters. The third kappa shape index (κ3) is 4.62. The van der Waals surface area contributed by atoms with Crippen molar-refractivity contribution in [3.05, 3.63) is 58.9 Å². The van der Waals surface area contributed by atoms with Gasteiger partial charge in [-0.3, -0.25) is 19.7 Å². The third-order valence-electron chi connectivity index (χ3n) is 8.82. The van der Waals surface area contributed by atoms with E-state index < -0.39 is 17.8 Å². The third-order valence-corrected chi connectivity index (χ3v) is 8.82. The van der Waals surface area contributed by atoms with Gasteiger partial charge in [-0.2, -0.15) is 5.26 Å². The van der Waals surface area contributed by atoms with Crippen LogP contribution in [0.25, 0.3) is 0 Å². The topological polar surface area (TPSA) is 106 Å². The van der Waals surface area contributed by atoms with Crippen molar-refractivity contribution in [2.75, 3.05) is 23.3 Å². The summed E-state index contributed by atoms with van der Waals surface area (Å²) in [6.07, 6.45) is 4.14. The quantitative estimate of drug-likeness (QED) is 0.503. The van der Waals surface area contributed by atoms with Gasteiger partial charge in [0.2, 0.25) is 11.8 Å². The van der Waals surface area contributed by atoms with Gasteiger partial charge in [-0.1, -0.05) is 12.1 Å². The number of nitrogens with one attached hydrogen (secondary N) is 2. The number of amides is 3. The number of imide groups is 1. The minimum absolute atomic E-state index is 0.122. The number of nitriles is 1. The fraction of sp³-hybridized carbons (Fsp3) is 0.467. The number of hydrogen-bond donors (Lipinski definition) is 2. The molecule has 6 rings (SSSR count). The normalized spacial score (nSPS) is 24.9. The Labute approximate surface area is 227 Å². The second kappa shape index (κ2) is 9.67. The Bertz CT molecular complexity index is 1370. The van der Waals surface area contributed by atoms with Crippen LogP contribution in [0.5, 0.6) is 0 Å². The minimum atomic E-state index is -0.714. The summed E-state index contributed by atoms with van der Waals surface area (Å²) in [5, 5.41) is 15.0. The van der Waals surface area contributed by atoms with Crippen molar-refractivity contribution in [1.82, 2.24) is 10.2 Å². The highest BCUT2D eigenvalue weighted by Gasteiger charge is 2.45. The first-order valence-corrected chi connectivity index (χ1v) is 13.8. The number of carbonyl (C=O) groups is 3. The van der Waals surface area contributed by atoms with Crippen molar-refractivity contribution in [3.63, 3.8) is 0 Å². The van der Waals surface area contributed by atoms with E-state index in [1.165, 1.54) is 11.0 Å². The molecule has 39 heavy (non-hydrogen) atoms. The van der Waals surface area contributed by atoms with Crippen LogP contribution in [0.3, 0.4) is 0 Å². The van der Waals surface area contributed by atoms with Crippen molar-refractivity contribution in [1.29, 1.82) is 5.26 Å². The van der Waals surface area contributed by atoms with E-state index in [-0.39, 0.29) is 42.7 Å². The number of hydrogen-bond acceptors (Lipinski definition) is 6. The number of piperidine rings is 1. The van der Waals surface area contributed by atoms with Gasteiger partial charge >= 0.3 is 0 Å². The average molecular weight is 530 g/mol. The van der Waals surface area contributed by atoms with E-state index in [9.17, 15) is 24.0 Å². The zero-order valence-electron chi connectivity index (χ0n) is 22.0. The first-order chi connectivity index (χ1) is 18.8. The predicted molar refractivity (Wildman–Crippen MR) is 143 cm³/mol. The number of halogens is 1. The molecule has 202 valence electrons. The molecule has 0 spiro atoms. The Balaban J connectivity index is 1.05. The van der Waals surface area contributed by atoms with E-state index in [4.69, 9.17) is 0 Å². The van der Waals surface area contributed by atoms with Crippen molar-refractivity contribution >= 4 is 29.1 Å². The number of carbonyl (C=O) groups excluding carboxylic acids is 3. The molecule has 4 aliphatic rings. The second-order valence-electron chi connectivity index (χ2n) is 11.3. The van der Waals surface area contributed by atoms with Gasteiger partial charge in [0.05, 0.1) is 17.2 Å². The Morgan fingerprint density at radius 1 is 1.18 bits per heavy atom. The van der Waals surface area contributed by atoms with Gasteiger partial charge in [-0.05, 0) is 80.3 Å². The number of anilines is 2. The standard InChI is InChI=1S/C30H32FN5O3/c1-2-35(22-5-3-20(4-6-22)30(17-32)9-10-30)15-18-11-21(12-18)33-25-14-23-19(13-24(25)31)16-36(29(23)39)26-7-8-27(37)34-28(26)38/h3-6,13-14,18,21,26,33H,2,7-12,15-16H2,1H3,(H,34,37,38). The molecule has 9 heteroatoms. The first kappa shape index (κ1) is 25.4. The van der Waals surface area contributed by atoms with Crippen LogP contribution in [-0.2, 0) is 21.5 Å². The summed E-state index contributed by atoms with van der Waals surface area (Å²) in [6.45, 7) is 4.08. The molecule has 0 radical (unpaired) electrons. The van der Waals surface area contributed by atoms with Crippen LogP contribution >= 0.6 is 0 Å². The summed E-state index contributed by atoms with van der Waals surface area (Å²) in [7, 11) is 0. The second-order valence-corrected chi connectivity index (χ2v) is 11.3. The van der Waals surface area contributed by atoms with Gasteiger partial charge in [0.1, 0.15) is 11.9 Å². The molecule has 2 N–H and O–H groups in total. The molecule has 2 aromatic rings. The van der Waals surface area contributed by atoms with Crippen LogP contribution in [0.15, 0.2) is 36.4 Å². The summed E-state index contributed by atoms with van der Waals surface area (Å²) in [6, 6.07) is 13.2. The van der Waals surface area contributed by atoms with Gasteiger partial charge < -0.3 is 15.1 Å². The van der Waals surface area contributed by atoms with Crippen molar-refractivity contribution in [2.45, 2.75) is 69.5 Å². The SMILES string of the molecule is CCN(CC1CC(Nc2cc3c(cc2F)CN(C2CCC(=O)NC2=O)C3=O)C1)c1ccc(C2(C#N)CC2)cc1. The van der Waals surface area contributed by atoms with E-state index in [2.05, 4.69) is 52.8 Å². The number of nitrogens with zero attached hydrogens (tertiary/aromatic N) is 3. The summed E-state index contributed by atoms with van der Waals surface area (Å²) in [5.74, 6) is -1.05. The number of rotatable bonds is 8. The maximum atomic E-state index is 15.0. The minimum Gasteiger partial charge on any atom is -0.380 e. The molecule has 2 aliphatic heterocycles. The Morgan fingerprint density at radius 2 is 1.92 bits per heavy atom. The molecule has 3 fully saturated rings. The molecule has 2 saturated carbocycles. The molecule has 8 nitrogen and oxygen atoms in total. The summed E-state index contributed by atoms with van der Waals surface area (Å²) in [4.78, 5) is 40.6. The highest BCUT2D eigenvalue weighted by Crippen LogP contribution is 2.47. The largest absolute Gasteiger partial charge is 0.380 e. The molecule has 2 aliphatic carbocycles. The lowest BCUT2D eigenvalue weighted by Gasteiger charge is -2.40. The Morgan fingerprint density at radius 3 is 2.56 bits per heavy atom. The highest BCUT2D eigenvalue weighted by molar-refractivity contribution is 6.05. The molecule has 1 unspecified atom stereocenters. The Kier molecular flexibility index (Phi) is 6.29. The maximum Gasteiger partial charge on any atom is 0.255 e.